The van der Waals surface area contributed by atoms with E-state index in [-0.39, 0.29) is 11.5 Å². The zero-order valence-electron chi connectivity index (χ0n) is 12.4. The molecule has 1 unspecified atom stereocenters. The first-order chi connectivity index (χ1) is 9.84. The van der Waals surface area contributed by atoms with Gasteiger partial charge in [-0.1, -0.05) is 42.8 Å². The van der Waals surface area contributed by atoms with Crippen LogP contribution < -0.4 is 4.74 Å². The number of benzene rings is 1. The second-order valence-electron chi connectivity index (χ2n) is 6.49. The number of thiophene rings is 1. The lowest BCUT2D eigenvalue weighted by atomic mass is 9.95. The van der Waals surface area contributed by atoms with Crippen LogP contribution in [0, 0.1) is 0 Å². The molecule has 0 spiro atoms. The zero-order chi connectivity index (χ0) is 15.2. The van der Waals surface area contributed by atoms with Gasteiger partial charge in [-0.25, -0.2) is 0 Å². The molecule has 0 saturated heterocycles. The molecule has 0 fully saturated rings. The average Bonchev–Trinajstić information content (AvgIpc) is 2.87. The third-order valence-corrected chi connectivity index (χ3v) is 5.82. The summed E-state index contributed by atoms with van der Waals surface area (Å²) in [5.41, 5.74) is 1.03. The highest BCUT2D eigenvalue weighted by Gasteiger charge is 2.30. The Kier molecular flexibility index (Phi) is 3.89. The molecule has 2 nitrogen and oxygen atoms in total. The number of halogens is 1. The van der Waals surface area contributed by atoms with Crippen LogP contribution in [-0.4, -0.2) is 5.11 Å². The van der Waals surface area contributed by atoms with Gasteiger partial charge in [0.2, 0.25) is 0 Å². The molecule has 2 heterocycles. The molecule has 0 saturated carbocycles. The Hall–Kier alpha value is -0.840. The zero-order valence-corrected chi connectivity index (χ0v) is 14.8. The molecule has 2 atom stereocenters. The summed E-state index contributed by atoms with van der Waals surface area (Å²) < 4.78 is 7.08. The first-order valence-electron chi connectivity index (χ1n) is 7.09. The number of fused-ring (bicyclic) bond motifs is 1. The van der Waals surface area contributed by atoms with E-state index < -0.39 is 6.10 Å². The summed E-state index contributed by atoms with van der Waals surface area (Å²) in [6.07, 6.45) is 0.0774. The summed E-state index contributed by atoms with van der Waals surface area (Å²) in [4.78, 5) is 2.53. The number of rotatable bonds is 1. The van der Waals surface area contributed by atoms with E-state index in [1.165, 1.54) is 9.75 Å². The van der Waals surface area contributed by atoms with Crippen LogP contribution in [0.25, 0.3) is 0 Å². The lowest BCUT2D eigenvalue weighted by molar-refractivity contribution is 0.0674. The summed E-state index contributed by atoms with van der Waals surface area (Å²) in [5, 5.41) is 10.4. The van der Waals surface area contributed by atoms with Crippen LogP contribution in [0.4, 0.5) is 0 Å². The van der Waals surface area contributed by atoms with Crippen molar-refractivity contribution in [3.05, 3.63) is 50.1 Å². The van der Waals surface area contributed by atoms with Gasteiger partial charge < -0.3 is 9.84 Å². The average molecular weight is 367 g/mol. The van der Waals surface area contributed by atoms with Crippen molar-refractivity contribution in [3.63, 3.8) is 0 Å². The van der Waals surface area contributed by atoms with Crippen LogP contribution in [0.15, 0.2) is 34.8 Å². The third kappa shape index (κ3) is 3.03. The van der Waals surface area contributed by atoms with E-state index in [1.54, 1.807) is 11.3 Å². The van der Waals surface area contributed by atoms with E-state index in [2.05, 4.69) is 48.8 Å². The van der Waals surface area contributed by atoms with Crippen LogP contribution in [0.5, 0.6) is 5.75 Å². The molecule has 1 aliphatic rings. The summed E-state index contributed by atoms with van der Waals surface area (Å²) in [6.45, 7) is 6.64. The topological polar surface area (TPSA) is 29.5 Å². The monoisotopic (exact) mass is 366 g/mol. The largest absolute Gasteiger partial charge is 0.484 e. The van der Waals surface area contributed by atoms with Gasteiger partial charge in [0.05, 0.1) is 6.10 Å². The lowest BCUT2D eigenvalue weighted by Gasteiger charge is -2.29. The van der Waals surface area contributed by atoms with Crippen molar-refractivity contribution in [2.45, 2.75) is 44.8 Å². The normalized spacial score (nSPS) is 21.8. The number of ether oxygens (including phenoxy) is 1. The fraction of sp³-hybridized carbons (Fsp3) is 0.412. The fourth-order valence-corrected chi connectivity index (χ4v) is 3.97. The molecular formula is C17H19BrO2S. The van der Waals surface area contributed by atoms with E-state index >= 15 is 0 Å². The van der Waals surface area contributed by atoms with Crippen molar-refractivity contribution >= 4 is 27.3 Å². The Bertz CT molecular complexity index is 657. The maximum atomic E-state index is 10.4. The molecule has 2 aromatic rings. The molecule has 0 radical (unpaired) electrons. The Morgan fingerprint density at radius 2 is 2.00 bits per heavy atom. The first kappa shape index (κ1) is 15.1. The van der Waals surface area contributed by atoms with Crippen LogP contribution in [0.2, 0.25) is 0 Å². The van der Waals surface area contributed by atoms with Crippen molar-refractivity contribution in [3.8, 4) is 5.75 Å². The molecule has 1 N–H and O–H groups in total. The number of aliphatic hydroxyl groups excluding tert-OH is 1. The molecular weight excluding hydrogens is 348 g/mol. The molecule has 1 aromatic heterocycles. The van der Waals surface area contributed by atoms with E-state index in [1.807, 2.05) is 18.2 Å². The maximum absolute atomic E-state index is 10.4. The van der Waals surface area contributed by atoms with Gasteiger partial charge in [-0.2, -0.15) is 0 Å². The minimum absolute atomic E-state index is 0.0668. The van der Waals surface area contributed by atoms with Gasteiger partial charge in [0.1, 0.15) is 11.9 Å². The molecule has 0 aliphatic carbocycles. The summed E-state index contributed by atoms with van der Waals surface area (Å²) >= 11 is 5.24. The predicted molar refractivity (Wildman–Crippen MR) is 90.1 cm³/mol. The fourth-order valence-electron chi connectivity index (χ4n) is 2.52. The Labute approximate surface area is 137 Å². The standard InChI is InChI=1S/C17H19BrO2S/c1-17(2,3)16-7-6-15(21-16)14-9-12(19)11-5-4-10(18)8-13(11)20-14/h4-8,12,14,19H,9H2,1-3H3/t12-,14?/m0/s1. The van der Waals surface area contributed by atoms with Gasteiger partial charge in [0.25, 0.3) is 0 Å². The quantitative estimate of drug-likeness (QED) is 0.735. The van der Waals surface area contributed by atoms with Crippen LogP contribution in [0.1, 0.15) is 54.7 Å². The second-order valence-corrected chi connectivity index (χ2v) is 8.52. The SMILES string of the molecule is CC(C)(C)c1ccc(C2C[C@H](O)c3ccc(Br)cc3O2)s1. The second kappa shape index (κ2) is 5.41. The highest BCUT2D eigenvalue weighted by Crippen LogP contribution is 2.44. The van der Waals surface area contributed by atoms with Gasteiger partial charge in [0.15, 0.2) is 0 Å². The number of aliphatic hydroxyl groups is 1. The van der Waals surface area contributed by atoms with Gasteiger partial charge in [0, 0.05) is 26.2 Å². The highest BCUT2D eigenvalue weighted by molar-refractivity contribution is 9.10. The minimum atomic E-state index is -0.466. The van der Waals surface area contributed by atoms with Gasteiger partial charge in [-0.15, -0.1) is 11.3 Å². The van der Waals surface area contributed by atoms with Crippen molar-refractivity contribution in [2.75, 3.05) is 0 Å². The van der Waals surface area contributed by atoms with Crippen molar-refractivity contribution in [1.82, 2.24) is 0 Å². The van der Waals surface area contributed by atoms with Gasteiger partial charge in [-0.05, 0) is 29.7 Å². The Morgan fingerprint density at radius 3 is 2.67 bits per heavy atom. The Balaban J connectivity index is 1.90. The number of hydrogen-bond donors (Lipinski definition) is 1. The van der Waals surface area contributed by atoms with Crippen molar-refractivity contribution in [1.29, 1.82) is 0 Å². The molecule has 0 bridgehead atoms. The molecule has 1 aromatic carbocycles. The summed E-state index contributed by atoms with van der Waals surface area (Å²) in [5.74, 6) is 0.777. The smallest absolute Gasteiger partial charge is 0.136 e. The molecule has 21 heavy (non-hydrogen) atoms. The molecule has 0 amide bonds. The van der Waals surface area contributed by atoms with E-state index in [0.717, 1.165) is 15.8 Å². The molecule has 4 heteroatoms. The maximum Gasteiger partial charge on any atom is 0.136 e. The van der Waals surface area contributed by atoms with Crippen LogP contribution in [0.3, 0.4) is 0 Å². The predicted octanol–water partition coefficient (Wildman–Crippen LogP) is 5.37. The molecule has 1 aliphatic heterocycles. The van der Waals surface area contributed by atoms with Crippen LogP contribution >= 0.6 is 27.3 Å². The highest BCUT2D eigenvalue weighted by atomic mass is 79.9. The minimum Gasteiger partial charge on any atom is -0.484 e. The van der Waals surface area contributed by atoms with Gasteiger partial charge in [-0.3, -0.25) is 0 Å². The van der Waals surface area contributed by atoms with Crippen molar-refractivity contribution < 1.29 is 9.84 Å². The van der Waals surface area contributed by atoms with E-state index in [0.29, 0.717) is 6.42 Å². The van der Waals surface area contributed by atoms with Gasteiger partial charge >= 0.3 is 0 Å². The lowest BCUT2D eigenvalue weighted by Crippen LogP contribution is -2.18. The van der Waals surface area contributed by atoms with Crippen LogP contribution in [-0.2, 0) is 5.41 Å². The summed E-state index contributed by atoms with van der Waals surface area (Å²) in [7, 11) is 0. The first-order valence-corrected chi connectivity index (χ1v) is 8.70. The number of hydrogen-bond acceptors (Lipinski definition) is 3. The molecule has 3 rings (SSSR count). The van der Waals surface area contributed by atoms with Crippen molar-refractivity contribution in [2.24, 2.45) is 0 Å². The summed E-state index contributed by atoms with van der Waals surface area (Å²) in [6, 6.07) is 10.1. The molecule has 112 valence electrons. The van der Waals surface area contributed by atoms with E-state index in [9.17, 15) is 5.11 Å². The third-order valence-electron chi connectivity index (χ3n) is 3.72. The Morgan fingerprint density at radius 1 is 1.24 bits per heavy atom. The van der Waals surface area contributed by atoms with E-state index in [4.69, 9.17) is 4.74 Å².